The van der Waals surface area contributed by atoms with Gasteiger partial charge in [0.2, 0.25) is 6.41 Å². The Morgan fingerprint density at radius 3 is 2.59 bits per heavy atom. The lowest BCUT2D eigenvalue weighted by Crippen LogP contribution is -2.53. The number of aromatic nitrogens is 2. The minimum absolute atomic E-state index is 0.0596. The van der Waals surface area contributed by atoms with E-state index in [1.807, 2.05) is 33.4 Å². The molecule has 2 aliphatic rings. The summed E-state index contributed by atoms with van der Waals surface area (Å²) in [5, 5.41) is 2.77. The van der Waals surface area contributed by atoms with Crippen LogP contribution < -0.4 is 16.8 Å². The van der Waals surface area contributed by atoms with Crippen molar-refractivity contribution in [3.8, 4) is 0 Å². The maximum atomic E-state index is 12.4. The molecule has 2 amide bonds. The first-order chi connectivity index (χ1) is 13.9. The van der Waals surface area contributed by atoms with E-state index in [4.69, 9.17) is 11.5 Å². The summed E-state index contributed by atoms with van der Waals surface area (Å²) in [6.07, 6.45) is 9.75. The third kappa shape index (κ3) is 3.75. The lowest BCUT2D eigenvalue weighted by molar-refractivity contribution is -0.123. The molecule has 0 spiro atoms. The van der Waals surface area contributed by atoms with Gasteiger partial charge < -0.3 is 31.0 Å². The van der Waals surface area contributed by atoms with Crippen LogP contribution in [0.25, 0.3) is 5.65 Å². The second kappa shape index (κ2) is 7.50. The van der Waals surface area contributed by atoms with Crippen LogP contribution in [0.4, 0.5) is 5.69 Å². The van der Waals surface area contributed by atoms with Crippen molar-refractivity contribution < 1.29 is 9.59 Å². The minimum atomic E-state index is -0.406. The number of anilines is 1. The van der Waals surface area contributed by atoms with Crippen LogP contribution >= 0.6 is 0 Å². The summed E-state index contributed by atoms with van der Waals surface area (Å²) in [7, 11) is 0. The van der Waals surface area contributed by atoms with Crippen molar-refractivity contribution in [1.82, 2.24) is 19.2 Å². The molecular weight excluding hydrogens is 370 g/mol. The Labute approximate surface area is 168 Å². The van der Waals surface area contributed by atoms with Crippen molar-refractivity contribution in [3.63, 3.8) is 0 Å². The molecule has 152 valence electrons. The van der Waals surface area contributed by atoms with Crippen LogP contribution in [-0.4, -0.2) is 56.7 Å². The molecule has 0 aliphatic carbocycles. The van der Waals surface area contributed by atoms with E-state index in [1.54, 1.807) is 18.3 Å². The third-order valence-corrected chi connectivity index (χ3v) is 5.55. The van der Waals surface area contributed by atoms with Crippen molar-refractivity contribution in [1.29, 1.82) is 0 Å². The number of piperazine rings is 1. The van der Waals surface area contributed by atoms with Gasteiger partial charge in [-0.1, -0.05) is 0 Å². The largest absolute Gasteiger partial charge is 0.394 e. The first-order valence-corrected chi connectivity index (χ1v) is 9.62. The van der Waals surface area contributed by atoms with E-state index >= 15 is 0 Å². The molecule has 4 rings (SSSR count). The fourth-order valence-electron chi connectivity index (χ4n) is 4.07. The lowest BCUT2D eigenvalue weighted by Gasteiger charge is -2.40. The summed E-state index contributed by atoms with van der Waals surface area (Å²) >= 11 is 0. The van der Waals surface area contributed by atoms with E-state index in [2.05, 4.69) is 10.3 Å². The van der Waals surface area contributed by atoms with Crippen molar-refractivity contribution >= 4 is 23.7 Å². The molecule has 9 nitrogen and oxygen atoms in total. The van der Waals surface area contributed by atoms with E-state index in [1.165, 1.54) is 6.08 Å². The zero-order chi connectivity index (χ0) is 20.5. The maximum Gasteiger partial charge on any atom is 0.271 e. The number of carbonyl (C=O) groups is 2. The molecule has 5 N–H and O–H groups in total. The molecule has 2 fully saturated rings. The van der Waals surface area contributed by atoms with E-state index in [-0.39, 0.29) is 17.8 Å². The highest BCUT2D eigenvalue weighted by Gasteiger charge is 2.39. The number of carbonyl (C=O) groups excluding carboxylic acids is 2. The number of hydrogen-bond acceptors (Lipinski definition) is 6. The van der Waals surface area contributed by atoms with Crippen molar-refractivity contribution in [2.75, 3.05) is 18.4 Å². The number of hydrogen-bond donors (Lipinski definition) is 3. The van der Waals surface area contributed by atoms with Gasteiger partial charge in [0.1, 0.15) is 5.65 Å². The Hall–Kier alpha value is -3.49. The lowest BCUT2D eigenvalue weighted by atomic mass is 10.2. The molecule has 0 radical (unpaired) electrons. The van der Waals surface area contributed by atoms with E-state index in [0.29, 0.717) is 24.6 Å². The number of allylic oxidation sites excluding steroid dienone is 2. The summed E-state index contributed by atoms with van der Waals surface area (Å²) in [5.74, 6) is 0.134. The smallest absolute Gasteiger partial charge is 0.271 e. The SMILES string of the molecule is Cc1cn2cc(NC(=O)/C(N)=C/C=C(\N)N3CC4CCC(C3)N4C=O)ccc2n1. The number of pyridine rings is 1. The van der Waals surface area contributed by atoms with Gasteiger partial charge in [0, 0.05) is 37.6 Å². The van der Waals surface area contributed by atoms with Gasteiger partial charge in [-0.3, -0.25) is 9.59 Å². The summed E-state index contributed by atoms with van der Waals surface area (Å²) in [5.41, 5.74) is 14.5. The predicted molar refractivity (Wildman–Crippen MR) is 109 cm³/mol. The number of rotatable bonds is 5. The summed E-state index contributed by atoms with van der Waals surface area (Å²) in [6, 6.07) is 4.00. The normalized spacial score (nSPS) is 22.2. The molecule has 2 aliphatic heterocycles. The minimum Gasteiger partial charge on any atom is -0.394 e. The first-order valence-electron chi connectivity index (χ1n) is 9.62. The topological polar surface area (TPSA) is 122 Å². The fourth-order valence-corrected chi connectivity index (χ4v) is 4.07. The zero-order valence-electron chi connectivity index (χ0n) is 16.3. The monoisotopic (exact) mass is 395 g/mol. The van der Waals surface area contributed by atoms with Gasteiger partial charge >= 0.3 is 0 Å². The van der Waals surface area contributed by atoms with Crippen molar-refractivity contribution in [2.24, 2.45) is 11.5 Å². The summed E-state index contributed by atoms with van der Waals surface area (Å²) < 4.78 is 1.84. The van der Waals surface area contributed by atoms with Gasteiger partial charge in [-0.15, -0.1) is 0 Å². The van der Waals surface area contributed by atoms with Gasteiger partial charge in [-0.2, -0.15) is 0 Å². The molecule has 2 aromatic rings. The Morgan fingerprint density at radius 1 is 1.17 bits per heavy atom. The number of fused-ring (bicyclic) bond motifs is 3. The van der Waals surface area contributed by atoms with Crippen molar-refractivity contribution in [3.05, 3.63) is 53.9 Å². The van der Waals surface area contributed by atoms with E-state index in [0.717, 1.165) is 30.6 Å². The molecule has 2 saturated heterocycles. The molecule has 2 bridgehead atoms. The van der Waals surface area contributed by atoms with Crippen LogP contribution in [0, 0.1) is 6.92 Å². The average molecular weight is 395 g/mol. The Bertz CT molecular complexity index is 995. The molecule has 2 atom stereocenters. The van der Waals surface area contributed by atoms with Crippen LogP contribution in [0.5, 0.6) is 0 Å². The predicted octanol–water partition coefficient (Wildman–Crippen LogP) is 0.529. The number of nitrogens with one attached hydrogen (secondary N) is 1. The second-order valence-electron chi connectivity index (χ2n) is 7.58. The average Bonchev–Trinajstić information content (AvgIpc) is 3.19. The quantitative estimate of drug-likeness (QED) is 0.386. The Kier molecular flexibility index (Phi) is 4.87. The van der Waals surface area contributed by atoms with Crippen LogP contribution in [0.1, 0.15) is 18.5 Å². The highest BCUT2D eigenvalue weighted by Crippen LogP contribution is 2.29. The molecule has 2 aromatic heterocycles. The molecule has 29 heavy (non-hydrogen) atoms. The molecule has 0 aromatic carbocycles. The number of nitrogens with zero attached hydrogens (tertiary/aromatic N) is 4. The van der Waals surface area contributed by atoms with Crippen LogP contribution in [0.2, 0.25) is 0 Å². The van der Waals surface area contributed by atoms with Crippen LogP contribution in [-0.2, 0) is 9.59 Å². The standard InChI is InChI=1S/C20H25N7O2/c1-13-8-26-9-14(2-7-19(26)23-13)24-20(29)17(21)5-6-18(22)25-10-15-3-4-16(11-25)27(15)12-28/h2,5-9,12,15-16H,3-4,10-11,21-22H2,1H3,(H,24,29)/b17-5-,18-6+. The molecule has 9 heteroatoms. The third-order valence-electron chi connectivity index (χ3n) is 5.55. The number of likely N-dealkylation sites (tertiary alicyclic amines) is 1. The molecule has 2 unspecified atom stereocenters. The van der Waals surface area contributed by atoms with Gasteiger partial charge in [0.25, 0.3) is 5.91 Å². The molecular formula is C20H25N7O2. The Balaban J connectivity index is 1.40. The van der Waals surface area contributed by atoms with Gasteiger partial charge in [0.05, 0.1) is 22.9 Å². The highest BCUT2D eigenvalue weighted by atomic mass is 16.2. The molecule has 0 saturated carbocycles. The number of nitrogens with two attached hydrogens (primary N) is 2. The maximum absolute atomic E-state index is 12.4. The van der Waals surface area contributed by atoms with Crippen LogP contribution in [0.3, 0.4) is 0 Å². The van der Waals surface area contributed by atoms with Gasteiger partial charge in [-0.05, 0) is 44.1 Å². The second-order valence-corrected chi connectivity index (χ2v) is 7.58. The van der Waals surface area contributed by atoms with Crippen molar-refractivity contribution in [2.45, 2.75) is 31.8 Å². The number of amides is 2. The summed E-state index contributed by atoms with van der Waals surface area (Å²) in [6.45, 7) is 3.30. The number of imidazole rings is 1. The molecule has 4 heterocycles. The first kappa shape index (κ1) is 18.9. The summed E-state index contributed by atoms with van der Waals surface area (Å²) in [4.78, 5) is 31.9. The highest BCUT2D eigenvalue weighted by molar-refractivity contribution is 6.03. The van der Waals surface area contributed by atoms with Crippen LogP contribution in [0.15, 0.2) is 48.2 Å². The van der Waals surface area contributed by atoms with Gasteiger partial charge in [0.15, 0.2) is 0 Å². The fraction of sp³-hybridized carbons (Fsp3) is 0.350. The number of aryl methyl sites for hydroxylation is 1. The van der Waals surface area contributed by atoms with Gasteiger partial charge in [-0.25, -0.2) is 4.98 Å². The van der Waals surface area contributed by atoms with E-state index < -0.39 is 5.91 Å². The van der Waals surface area contributed by atoms with E-state index in [9.17, 15) is 9.59 Å². The Morgan fingerprint density at radius 2 is 1.90 bits per heavy atom. The zero-order valence-corrected chi connectivity index (χ0v) is 16.3.